The van der Waals surface area contributed by atoms with Crippen molar-refractivity contribution in [3.8, 4) is 0 Å². The van der Waals surface area contributed by atoms with Crippen LogP contribution in [0, 0.1) is 6.92 Å². The van der Waals surface area contributed by atoms with Gasteiger partial charge in [-0.1, -0.05) is 19.9 Å². The number of benzene rings is 1. The van der Waals surface area contributed by atoms with Crippen molar-refractivity contribution in [3.05, 3.63) is 29.3 Å². The van der Waals surface area contributed by atoms with Crippen LogP contribution in [0.3, 0.4) is 0 Å². The van der Waals surface area contributed by atoms with Crippen LogP contribution in [0.15, 0.2) is 23.1 Å². The van der Waals surface area contributed by atoms with Gasteiger partial charge in [-0.05, 0) is 36.6 Å². The van der Waals surface area contributed by atoms with E-state index in [4.69, 9.17) is 5.11 Å². The Hall–Kier alpha value is -0.470. The van der Waals surface area contributed by atoms with E-state index >= 15 is 0 Å². The summed E-state index contributed by atoms with van der Waals surface area (Å²) in [4.78, 5) is 1.30. The third kappa shape index (κ3) is 3.03. The molecule has 0 aliphatic rings. The van der Waals surface area contributed by atoms with E-state index in [9.17, 15) is 0 Å². The molecule has 1 nitrogen and oxygen atoms in total. The summed E-state index contributed by atoms with van der Waals surface area (Å²) < 4.78 is 0. The van der Waals surface area contributed by atoms with E-state index < -0.39 is 0 Å². The Morgan fingerprint density at radius 3 is 2.64 bits per heavy atom. The Morgan fingerprint density at radius 1 is 1.43 bits per heavy atom. The minimum absolute atomic E-state index is 0.139. The minimum atomic E-state index is 0.139. The van der Waals surface area contributed by atoms with Gasteiger partial charge in [0.2, 0.25) is 0 Å². The van der Waals surface area contributed by atoms with Crippen LogP contribution in [0.2, 0.25) is 0 Å². The zero-order valence-electron chi connectivity index (χ0n) is 9.08. The standard InChI is InChI=1S/C12H18OS/c1-4-10(3)14-12-6-5-11(8-13)9(2)7-12/h5-7,10,13H,4,8H2,1-3H3. The molecule has 1 atom stereocenters. The first-order valence-corrected chi connectivity index (χ1v) is 5.92. The highest BCUT2D eigenvalue weighted by Crippen LogP contribution is 2.26. The van der Waals surface area contributed by atoms with E-state index in [2.05, 4.69) is 26.0 Å². The fourth-order valence-electron chi connectivity index (χ4n) is 1.23. The molecule has 14 heavy (non-hydrogen) atoms. The van der Waals surface area contributed by atoms with Gasteiger partial charge < -0.3 is 5.11 Å². The molecule has 1 rings (SSSR count). The number of aryl methyl sites for hydroxylation is 1. The van der Waals surface area contributed by atoms with Crippen LogP contribution in [0.1, 0.15) is 31.4 Å². The first-order chi connectivity index (χ1) is 6.67. The Morgan fingerprint density at radius 2 is 2.14 bits per heavy atom. The molecule has 1 aromatic carbocycles. The SMILES string of the molecule is CCC(C)Sc1ccc(CO)c(C)c1. The van der Waals surface area contributed by atoms with Crippen LogP contribution in [0.25, 0.3) is 0 Å². The van der Waals surface area contributed by atoms with E-state index in [0.717, 1.165) is 5.56 Å². The molecule has 0 saturated carbocycles. The molecule has 0 aromatic heterocycles. The molecular formula is C12H18OS. The van der Waals surface area contributed by atoms with E-state index in [1.807, 2.05) is 24.8 Å². The zero-order chi connectivity index (χ0) is 10.6. The van der Waals surface area contributed by atoms with Crippen molar-refractivity contribution in [1.29, 1.82) is 0 Å². The van der Waals surface area contributed by atoms with Crippen molar-refractivity contribution in [2.24, 2.45) is 0 Å². The van der Waals surface area contributed by atoms with Gasteiger partial charge in [-0.25, -0.2) is 0 Å². The summed E-state index contributed by atoms with van der Waals surface area (Å²) in [6.07, 6.45) is 1.19. The van der Waals surface area contributed by atoms with Crippen molar-refractivity contribution >= 4 is 11.8 Å². The van der Waals surface area contributed by atoms with Gasteiger partial charge >= 0.3 is 0 Å². The van der Waals surface area contributed by atoms with Gasteiger partial charge in [0.1, 0.15) is 0 Å². The van der Waals surface area contributed by atoms with Crippen LogP contribution in [0.4, 0.5) is 0 Å². The summed E-state index contributed by atoms with van der Waals surface area (Å²) in [5, 5.41) is 9.69. The molecule has 1 unspecified atom stereocenters. The lowest BCUT2D eigenvalue weighted by atomic mass is 10.1. The second kappa shape index (κ2) is 5.42. The van der Waals surface area contributed by atoms with E-state index in [0.29, 0.717) is 5.25 Å². The number of rotatable bonds is 4. The van der Waals surface area contributed by atoms with Gasteiger partial charge in [0, 0.05) is 10.1 Å². The highest BCUT2D eigenvalue weighted by atomic mass is 32.2. The van der Waals surface area contributed by atoms with Crippen LogP contribution in [-0.4, -0.2) is 10.4 Å². The van der Waals surface area contributed by atoms with Crippen molar-refractivity contribution in [2.45, 2.75) is 43.9 Å². The molecule has 0 spiro atoms. The molecule has 0 saturated heterocycles. The van der Waals surface area contributed by atoms with Gasteiger partial charge in [0.25, 0.3) is 0 Å². The third-order valence-corrected chi connectivity index (χ3v) is 3.66. The number of thioether (sulfide) groups is 1. The molecular weight excluding hydrogens is 192 g/mol. The van der Waals surface area contributed by atoms with Crippen LogP contribution >= 0.6 is 11.8 Å². The third-order valence-electron chi connectivity index (χ3n) is 2.40. The molecule has 0 radical (unpaired) electrons. The summed E-state index contributed by atoms with van der Waals surface area (Å²) in [5.74, 6) is 0. The fraction of sp³-hybridized carbons (Fsp3) is 0.500. The molecule has 0 aliphatic heterocycles. The Labute approximate surface area is 90.5 Å². The summed E-state index contributed by atoms with van der Waals surface area (Å²) in [6.45, 7) is 6.62. The normalized spacial score (nSPS) is 12.9. The first kappa shape index (κ1) is 11.6. The Kier molecular flexibility index (Phi) is 4.49. The molecule has 0 heterocycles. The maximum atomic E-state index is 9.03. The number of hydrogen-bond donors (Lipinski definition) is 1. The summed E-state index contributed by atoms with van der Waals surface area (Å²) >= 11 is 1.90. The van der Waals surface area contributed by atoms with Crippen LogP contribution in [0.5, 0.6) is 0 Å². The van der Waals surface area contributed by atoms with E-state index in [1.54, 1.807) is 0 Å². The van der Waals surface area contributed by atoms with Gasteiger partial charge in [0.15, 0.2) is 0 Å². The maximum Gasteiger partial charge on any atom is 0.0684 e. The van der Waals surface area contributed by atoms with Crippen molar-refractivity contribution in [1.82, 2.24) is 0 Å². The first-order valence-electron chi connectivity index (χ1n) is 5.04. The lowest BCUT2D eigenvalue weighted by molar-refractivity contribution is 0.281. The zero-order valence-corrected chi connectivity index (χ0v) is 9.90. The monoisotopic (exact) mass is 210 g/mol. The topological polar surface area (TPSA) is 20.2 Å². The fourth-order valence-corrected chi connectivity index (χ4v) is 2.26. The molecule has 1 aromatic rings. The number of aliphatic hydroxyl groups excluding tert-OH is 1. The number of hydrogen-bond acceptors (Lipinski definition) is 2. The predicted molar refractivity (Wildman–Crippen MR) is 62.7 cm³/mol. The lowest BCUT2D eigenvalue weighted by Gasteiger charge is -2.10. The number of aliphatic hydroxyl groups is 1. The van der Waals surface area contributed by atoms with E-state index in [-0.39, 0.29) is 6.61 Å². The minimum Gasteiger partial charge on any atom is -0.392 e. The molecule has 78 valence electrons. The predicted octanol–water partition coefficient (Wildman–Crippen LogP) is 3.38. The van der Waals surface area contributed by atoms with Crippen LogP contribution in [-0.2, 0) is 6.61 Å². The summed E-state index contributed by atoms with van der Waals surface area (Å²) in [7, 11) is 0. The molecule has 1 N–H and O–H groups in total. The molecule has 0 aliphatic carbocycles. The maximum absolute atomic E-state index is 9.03. The van der Waals surface area contributed by atoms with Gasteiger partial charge in [-0.15, -0.1) is 11.8 Å². The Bertz CT molecular complexity index is 296. The molecule has 0 fully saturated rings. The lowest BCUT2D eigenvalue weighted by Crippen LogP contribution is -1.93. The summed E-state index contributed by atoms with van der Waals surface area (Å²) in [5.41, 5.74) is 2.21. The highest BCUT2D eigenvalue weighted by molar-refractivity contribution is 7.99. The van der Waals surface area contributed by atoms with Crippen molar-refractivity contribution in [2.75, 3.05) is 0 Å². The van der Waals surface area contributed by atoms with Gasteiger partial charge in [0.05, 0.1) is 6.61 Å². The quantitative estimate of drug-likeness (QED) is 0.769. The smallest absolute Gasteiger partial charge is 0.0684 e. The van der Waals surface area contributed by atoms with Crippen molar-refractivity contribution < 1.29 is 5.11 Å². The Balaban J connectivity index is 2.76. The van der Waals surface area contributed by atoms with E-state index in [1.165, 1.54) is 16.9 Å². The second-order valence-corrected chi connectivity index (χ2v) is 5.09. The summed E-state index contributed by atoms with van der Waals surface area (Å²) in [6, 6.07) is 6.26. The average Bonchev–Trinajstić information content (AvgIpc) is 2.18. The molecule has 0 amide bonds. The molecule has 2 heteroatoms. The largest absolute Gasteiger partial charge is 0.392 e. The highest BCUT2D eigenvalue weighted by Gasteiger charge is 2.03. The average molecular weight is 210 g/mol. The molecule has 0 bridgehead atoms. The second-order valence-electron chi connectivity index (χ2n) is 3.58. The van der Waals surface area contributed by atoms with Gasteiger partial charge in [-0.3, -0.25) is 0 Å². The van der Waals surface area contributed by atoms with Crippen molar-refractivity contribution in [3.63, 3.8) is 0 Å². The van der Waals surface area contributed by atoms with Gasteiger partial charge in [-0.2, -0.15) is 0 Å². The van der Waals surface area contributed by atoms with Crippen LogP contribution < -0.4 is 0 Å².